The first-order chi connectivity index (χ1) is 6.24. The van der Waals surface area contributed by atoms with Crippen LogP contribution in [0.3, 0.4) is 0 Å². The Kier molecular flexibility index (Phi) is 3.71. The van der Waals surface area contributed by atoms with Crippen molar-refractivity contribution < 1.29 is 14.6 Å². The Morgan fingerprint density at radius 2 is 2.23 bits per heavy atom. The zero-order valence-electron chi connectivity index (χ0n) is 7.64. The van der Waals surface area contributed by atoms with Gasteiger partial charge in [-0.2, -0.15) is 0 Å². The summed E-state index contributed by atoms with van der Waals surface area (Å²) in [5, 5.41) is 9.05. The Morgan fingerprint density at radius 1 is 1.46 bits per heavy atom. The monoisotopic (exact) mass is 182 g/mol. The van der Waals surface area contributed by atoms with Gasteiger partial charge in [0.25, 0.3) is 0 Å². The predicted octanol–water partition coefficient (Wildman–Crippen LogP) is 1.19. The minimum atomic E-state index is -0.925. The number of hydrogen-bond acceptors (Lipinski definition) is 3. The molecule has 1 N–H and O–H groups in total. The number of carbonyl (C=O) groups excluding carboxylic acids is 1. The number of hydrogen-bond donors (Lipinski definition) is 1. The Balaban J connectivity index is 2.42. The van der Waals surface area contributed by atoms with Gasteiger partial charge in [-0.05, 0) is 25.8 Å². The van der Waals surface area contributed by atoms with Crippen LogP contribution in [-0.4, -0.2) is 23.3 Å². The van der Waals surface area contributed by atoms with Crippen molar-refractivity contribution in [2.24, 2.45) is 0 Å². The number of aliphatic hydroxyl groups excluding tert-OH is 1. The van der Waals surface area contributed by atoms with E-state index < -0.39 is 12.1 Å². The Bertz CT molecular complexity index is 230. The molecule has 2 unspecified atom stereocenters. The molecule has 1 saturated heterocycles. The second kappa shape index (κ2) is 4.82. The van der Waals surface area contributed by atoms with E-state index in [-0.39, 0.29) is 6.10 Å². The molecule has 0 spiro atoms. The van der Waals surface area contributed by atoms with E-state index in [0.717, 1.165) is 0 Å². The molecule has 0 aliphatic carbocycles. The maximum Gasteiger partial charge on any atom is 0.335 e. The largest absolute Gasteiger partial charge is 0.456 e. The topological polar surface area (TPSA) is 46.5 Å². The van der Waals surface area contributed by atoms with Gasteiger partial charge >= 0.3 is 5.97 Å². The molecule has 1 aliphatic rings. The van der Waals surface area contributed by atoms with E-state index in [4.69, 9.17) is 9.84 Å². The molecule has 1 rings (SSSR count). The van der Waals surface area contributed by atoms with Gasteiger partial charge in [0, 0.05) is 0 Å². The van der Waals surface area contributed by atoms with Gasteiger partial charge < -0.3 is 9.84 Å². The number of aliphatic hydroxyl groups is 1. The second-order valence-electron chi connectivity index (χ2n) is 2.98. The summed E-state index contributed by atoms with van der Waals surface area (Å²) in [7, 11) is 0. The number of allylic oxidation sites excluding steroid dienone is 3. The summed E-state index contributed by atoms with van der Waals surface area (Å²) in [4.78, 5) is 10.9. The molecule has 2 atom stereocenters. The number of ether oxygens (including phenoxy) is 1. The molecule has 0 bridgehead atoms. The first-order valence-electron chi connectivity index (χ1n) is 4.42. The van der Waals surface area contributed by atoms with E-state index in [0.29, 0.717) is 12.8 Å². The van der Waals surface area contributed by atoms with E-state index in [1.54, 1.807) is 0 Å². The van der Waals surface area contributed by atoms with Gasteiger partial charge in [0.1, 0.15) is 6.10 Å². The molecule has 1 fully saturated rings. The maximum absolute atomic E-state index is 10.9. The van der Waals surface area contributed by atoms with Crippen LogP contribution in [0.1, 0.15) is 19.8 Å². The lowest BCUT2D eigenvalue weighted by molar-refractivity contribution is -0.163. The lowest BCUT2D eigenvalue weighted by Crippen LogP contribution is -2.33. The van der Waals surface area contributed by atoms with Crippen LogP contribution in [0.5, 0.6) is 0 Å². The van der Waals surface area contributed by atoms with Crippen LogP contribution in [0.15, 0.2) is 24.3 Å². The molecule has 3 nitrogen and oxygen atoms in total. The fourth-order valence-electron chi connectivity index (χ4n) is 1.16. The number of esters is 1. The van der Waals surface area contributed by atoms with E-state index in [1.807, 2.05) is 31.2 Å². The molecule has 1 aliphatic heterocycles. The van der Waals surface area contributed by atoms with Crippen molar-refractivity contribution >= 4 is 5.97 Å². The highest BCUT2D eigenvalue weighted by Gasteiger charge is 2.26. The molecular formula is C10H14O3. The third kappa shape index (κ3) is 3.03. The highest BCUT2D eigenvalue weighted by atomic mass is 16.6. The van der Waals surface area contributed by atoms with Gasteiger partial charge in [0.2, 0.25) is 0 Å². The zero-order chi connectivity index (χ0) is 9.68. The molecule has 0 aromatic carbocycles. The minimum absolute atomic E-state index is 0.174. The molecule has 72 valence electrons. The molecular weight excluding hydrogens is 168 g/mol. The molecule has 0 radical (unpaired) electrons. The first kappa shape index (κ1) is 9.99. The van der Waals surface area contributed by atoms with Crippen LogP contribution in [0.2, 0.25) is 0 Å². The van der Waals surface area contributed by atoms with Crippen LogP contribution >= 0.6 is 0 Å². The quantitative estimate of drug-likeness (QED) is 0.515. The third-order valence-corrected chi connectivity index (χ3v) is 1.89. The first-order valence-corrected chi connectivity index (χ1v) is 4.42. The molecule has 0 aromatic heterocycles. The summed E-state index contributed by atoms with van der Waals surface area (Å²) >= 11 is 0. The van der Waals surface area contributed by atoms with Crippen molar-refractivity contribution in [1.29, 1.82) is 0 Å². The summed E-state index contributed by atoms with van der Waals surface area (Å²) in [6.07, 6.45) is 7.53. The van der Waals surface area contributed by atoms with Crippen LogP contribution in [0.25, 0.3) is 0 Å². The smallest absolute Gasteiger partial charge is 0.335 e. The van der Waals surface area contributed by atoms with Crippen molar-refractivity contribution in [1.82, 2.24) is 0 Å². The van der Waals surface area contributed by atoms with Gasteiger partial charge in [-0.25, -0.2) is 4.79 Å². The van der Waals surface area contributed by atoms with Crippen LogP contribution in [0.4, 0.5) is 0 Å². The lowest BCUT2D eigenvalue weighted by atomic mass is 10.1. The van der Waals surface area contributed by atoms with E-state index in [9.17, 15) is 4.79 Å². The molecule has 13 heavy (non-hydrogen) atoms. The Hall–Kier alpha value is -1.09. The molecule has 0 aromatic rings. The van der Waals surface area contributed by atoms with E-state index >= 15 is 0 Å². The number of cyclic esters (lactones) is 1. The Labute approximate surface area is 77.7 Å². The van der Waals surface area contributed by atoms with Crippen molar-refractivity contribution in [3.63, 3.8) is 0 Å². The number of carbonyl (C=O) groups is 1. The van der Waals surface area contributed by atoms with E-state index in [2.05, 4.69) is 0 Å². The molecule has 0 saturated carbocycles. The Morgan fingerprint density at radius 3 is 2.85 bits per heavy atom. The zero-order valence-corrected chi connectivity index (χ0v) is 7.64. The van der Waals surface area contributed by atoms with Crippen molar-refractivity contribution in [3.8, 4) is 0 Å². The summed E-state index contributed by atoms with van der Waals surface area (Å²) in [5.74, 6) is -0.513. The summed E-state index contributed by atoms with van der Waals surface area (Å²) in [5.41, 5.74) is 0. The standard InChI is InChI=1S/C10H14O3/c1-2-3-4-5-8-6-7-9(11)10(12)13-8/h2-5,8-9,11H,6-7H2,1H3/b3-2+,5-4+. The third-order valence-electron chi connectivity index (χ3n) is 1.89. The SMILES string of the molecule is C/C=C/C=C/C1CCC(O)C(=O)O1. The summed E-state index contributed by atoms with van der Waals surface area (Å²) in [6.45, 7) is 1.92. The van der Waals surface area contributed by atoms with Crippen LogP contribution in [0, 0.1) is 0 Å². The average Bonchev–Trinajstić information content (AvgIpc) is 2.12. The van der Waals surface area contributed by atoms with Crippen molar-refractivity contribution in [2.75, 3.05) is 0 Å². The number of rotatable bonds is 2. The average molecular weight is 182 g/mol. The predicted molar refractivity (Wildman–Crippen MR) is 49.1 cm³/mol. The highest BCUT2D eigenvalue weighted by Crippen LogP contribution is 2.15. The van der Waals surface area contributed by atoms with Gasteiger partial charge in [0.05, 0.1) is 0 Å². The van der Waals surface area contributed by atoms with Crippen LogP contribution in [-0.2, 0) is 9.53 Å². The lowest BCUT2D eigenvalue weighted by Gasteiger charge is -2.22. The fourth-order valence-corrected chi connectivity index (χ4v) is 1.16. The minimum Gasteiger partial charge on any atom is -0.456 e. The normalized spacial score (nSPS) is 29.8. The molecule has 3 heteroatoms. The van der Waals surface area contributed by atoms with Gasteiger partial charge in [-0.1, -0.05) is 18.2 Å². The summed E-state index contributed by atoms with van der Waals surface area (Å²) < 4.78 is 4.94. The second-order valence-corrected chi connectivity index (χ2v) is 2.98. The highest BCUT2D eigenvalue weighted by molar-refractivity contribution is 5.75. The van der Waals surface area contributed by atoms with Crippen molar-refractivity contribution in [3.05, 3.63) is 24.3 Å². The van der Waals surface area contributed by atoms with Gasteiger partial charge in [-0.15, -0.1) is 0 Å². The maximum atomic E-state index is 10.9. The van der Waals surface area contributed by atoms with Gasteiger partial charge in [-0.3, -0.25) is 0 Å². The molecule has 0 amide bonds. The van der Waals surface area contributed by atoms with Crippen molar-refractivity contribution in [2.45, 2.75) is 32.0 Å². The van der Waals surface area contributed by atoms with Gasteiger partial charge in [0.15, 0.2) is 6.10 Å². The van der Waals surface area contributed by atoms with Crippen LogP contribution < -0.4 is 0 Å². The molecule has 1 heterocycles. The van der Waals surface area contributed by atoms with E-state index in [1.165, 1.54) is 0 Å². The summed E-state index contributed by atoms with van der Waals surface area (Å²) in [6, 6.07) is 0. The fraction of sp³-hybridized carbons (Fsp3) is 0.500.